The number of nitrogens with one attached hydrogen (secondary N) is 3. The van der Waals surface area contributed by atoms with Gasteiger partial charge in [0.25, 0.3) is 5.56 Å². The van der Waals surface area contributed by atoms with Crippen LogP contribution in [0.1, 0.15) is 79.7 Å². The maximum atomic E-state index is 14.5. The van der Waals surface area contributed by atoms with E-state index in [4.69, 9.17) is 56.2 Å². The summed E-state index contributed by atoms with van der Waals surface area (Å²) in [5, 5.41) is 4.94. The number of carbonyl (C=O) groups is 6. The highest BCUT2D eigenvalue weighted by molar-refractivity contribution is 7.48. The molecule has 0 aliphatic carbocycles. The van der Waals surface area contributed by atoms with Gasteiger partial charge in [-0.05, 0) is 57.6 Å². The van der Waals surface area contributed by atoms with Crippen LogP contribution in [0.5, 0.6) is 0 Å². The fourth-order valence-corrected chi connectivity index (χ4v) is 7.45. The van der Waals surface area contributed by atoms with E-state index < -0.39 is 136 Å². The van der Waals surface area contributed by atoms with Crippen LogP contribution in [0.4, 0.5) is 19.2 Å². The minimum Gasteiger partial charge on any atom is -0.453 e. The molecule has 396 valence electrons. The van der Waals surface area contributed by atoms with Gasteiger partial charge >= 0.3 is 49.9 Å². The first-order chi connectivity index (χ1) is 34.0. The average Bonchev–Trinajstić information content (AvgIpc) is 3.56. The van der Waals surface area contributed by atoms with Gasteiger partial charge in [0.1, 0.15) is 31.4 Å². The number of hydrogen-bond acceptors (Lipinski definition) is 21. The number of phosphoric ester groups is 1. The molecule has 2 aromatic carbocycles. The number of H-pyrrole nitrogens is 1. The van der Waals surface area contributed by atoms with Crippen LogP contribution >= 0.6 is 7.82 Å². The van der Waals surface area contributed by atoms with Crippen LogP contribution < -0.4 is 21.9 Å². The van der Waals surface area contributed by atoms with Crippen LogP contribution in [-0.2, 0) is 83.6 Å². The summed E-state index contributed by atoms with van der Waals surface area (Å²) in [6, 6.07) is 15.3. The zero-order chi connectivity index (χ0) is 53.2. The summed E-state index contributed by atoms with van der Waals surface area (Å²) in [4.78, 5) is 107. The lowest BCUT2D eigenvalue weighted by atomic mass is 9.94. The Balaban J connectivity index is 1.76. The smallest absolute Gasteiger partial charge is 0.453 e. The molecule has 1 aliphatic rings. The van der Waals surface area contributed by atoms with Crippen molar-refractivity contribution >= 4 is 44.3 Å². The van der Waals surface area contributed by atoms with E-state index in [2.05, 4.69) is 15.6 Å². The summed E-state index contributed by atoms with van der Waals surface area (Å²) < 4.78 is 79.6. The van der Waals surface area contributed by atoms with Crippen molar-refractivity contribution in [3.63, 3.8) is 0 Å². The second-order valence-corrected chi connectivity index (χ2v) is 18.9. The first-order valence-electron chi connectivity index (χ1n) is 22.5. The molecular weight excluding hydrogens is 975 g/mol. The van der Waals surface area contributed by atoms with Gasteiger partial charge < -0.3 is 53.3 Å². The molecular formula is C46H61N4O21P. The summed E-state index contributed by atoms with van der Waals surface area (Å²) in [6.07, 6.45) is -10.4. The van der Waals surface area contributed by atoms with Gasteiger partial charge in [-0.1, -0.05) is 88.4 Å². The van der Waals surface area contributed by atoms with Crippen LogP contribution in [-0.4, -0.2) is 108 Å². The predicted octanol–water partition coefficient (Wildman–Crippen LogP) is 5.75. The van der Waals surface area contributed by atoms with Crippen molar-refractivity contribution in [2.75, 3.05) is 20.2 Å². The minimum absolute atomic E-state index is 0.167. The number of aromatic nitrogens is 2. The zero-order valence-electron chi connectivity index (χ0n) is 41.1. The van der Waals surface area contributed by atoms with E-state index in [-0.39, 0.29) is 13.2 Å². The number of carbonyl (C=O) groups excluding carboxylic acids is 6. The molecule has 2 heterocycles. The second kappa shape index (κ2) is 27.1. The van der Waals surface area contributed by atoms with Crippen LogP contribution in [0.15, 0.2) is 82.5 Å². The zero-order valence-corrected chi connectivity index (χ0v) is 42.0. The Labute approximate surface area is 413 Å². The maximum absolute atomic E-state index is 14.5. The fraction of sp³-hybridized carbons (Fsp3) is 0.522. The van der Waals surface area contributed by atoms with Gasteiger partial charge in [0.05, 0.1) is 18.8 Å². The number of hydrogen-bond donors (Lipinski definition) is 3. The van der Waals surface area contributed by atoms with Crippen molar-refractivity contribution < 1.29 is 89.5 Å². The number of rotatable bonds is 24. The van der Waals surface area contributed by atoms with Crippen molar-refractivity contribution in [2.24, 2.45) is 11.8 Å². The van der Waals surface area contributed by atoms with E-state index in [0.29, 0.717) is 11.1 Å². The summed E-state index contributed by atoms with van der Waals surface area (Å²) >= 11 is 0. The second-order valence-electron chi connectivity index (χ2n) is 17.2. The number of alkyl carbamates (subject to hydrolysis) is 2. The van der Waals surface area contributed by atoms with Crippen molar-refractivity contribution in [1.29, 1.82) is 0 Å². The standard InChI is InChI=1S/C46H61N4O21P/c1-27(2)35(48-42(55)60-22-31-16-12-10-13-17-31)38(52)70-37-33(24-64-72(59,65-25-62-44(57)67-29(5)6)66-26-63-45(58)68-30(7)8)69-40(50-21-20-34(51)47-41(50)54)46(37,9)71-39(53)36(28(3)4)49-43(56)61-23-32-18-14-11-15-19-32/h10-21,27-30,33,35-37,40H,22-26H2,1-9H3,(H,48,55)(H,49,56)(H,47,51,54)/t33-,35?,36?,37-,40-,46-/m1/s1. The molecule has 25 nitrogen and oxygen atoms in total. The highest BCUT2D eigenvalue weighted by Gasteiger charge is 2.61. The lowest BCUT2D eigenvalue weighted by Gasteiger charge is -2.37. The lowest BCUT2D eigenvalue weighted by Crippen LogP contribution is -2.57. The number of amides is 2. The van der Waals surface area contributed by atoms with Gasteiger partial charge in [-0.15, -0.1) is 0 Å². The molecule has 2 amide bonds. The maximum Gasteiger partial charge on any atom is 0.510 e. The third-order valence-corrected chi connectivity index (χ3v) is 11.3. The average molecular weight is 1040 g/mol. The molecule has 0 saturated carbocycles. The molecule has 0 spiro atoms. The monoisotopic (exact) mass is 1040 g/mol. The van der Waals surface area contributed by atoms with Gasteiger partial charge in [0.15, 0.2) is 17.9 Å². The Morgan fingerprint density at radius 3 is 1.60 bits per heavy atom. The van der Waals surface area contributed by atoms with Crippen molar-refractivity contribution in [3.05, 3.63) is 105 Å². The van der Waals surface area contributed by atoms with Crippen LogP contribution in [0, 0.1) is 11.8 Å². The first-order valence-corrected chi connectivity index (χ1v) is 24.0. The fourth-order valence-electron chi connectivity index (χ4n) is 6.53. The third-order valence-electron chi connectivity index (χ3n) is 10.0. The molecule has 72 heavy (non-hydrogen) atoms. The Morgan fingerprint density at radius 1 is 0.681 bits per heavy atom. The molecule has 0 radical (unpaired) electrons. The van der Waals surface area contributed by atoms with Crippen LogP contribution in [0.3, 0.4) is 0 Å². The van der Waals surface area contributed by atoms with E-state index in [9.17, 15) is 42.9 Å². The Bertz CT molecular complexity index is 2420. The normalized spacial score (nSPS) is 18.4. The van der Waals surface area contributed by atoms with Crippen LogP contribution in [0.2, 0.25) is 0 Å². The van der Waals surface area contributed by atoms with Gasteiger partial charge in [-0.2, -0.15) is 0 Å². The quantitative estimate of drug-likeness (QED) is 0.0416. The van der Waals surface area contributed by atoms with Crippen molar-refractivity contribution in [2.45, 2.75) is 124 Å². The molecule has 0 bridgehead atoms. The van der Waals surface area contributed by atoms with Crippen molar-refractivity contribution in [3.8, 4) is 0 Å². The van der Waals surface area contributed by atoms with E-state index in [0.717, 1.165) is 16.8 Å². The molecule has 3 aromatic rings. The highest BCUT2D eigenvalue weighted by Crippen LogP contribution is 2.51. The number of nitrogens with zero attached hydrogens (tertiary/aromatic N) is 1. The number of phosphoric acid groups is 1. The Hall–Kier alpha value is -6.79. The predicted molar refractivity (Wildman–Crippen MR) is 247 cm³/mol. The third kappa shape index (κ3) is 17.8. The SMILES string of the molecule is CC(C)OC(=O)OCOP(=O)(OCOC(=O)OC(C)C)OC[C@H]1O[C@@H](n2ccc(=O)[nH]c2=O)[C@](C)(OC(=O)C(NC(=O)OCc2ccccc2)C(C)C)[C@@H]1OC(=O)C(NC(=O)OCc1ccccc1)C(C)C. The molecule has 26 heteroatoms. The first kappa shape index (κ1) is 57.8. The molecule has 2 unspecified atom stereocenters. The van der Waals surface area contributed by atoms with E-state index in [1.807, 2.05) is 0 Å². The van der Waals surface area contributed by atoms with Gasteiger partial charge in [-0.3, -0.25) is 18.9 Å². The van der Waals surface area contributed by atoms with Gasteiger partial charge in [-0.25, -0.2) is 47.2 Å². The largest absolute Gasteiger partial charge is 0.510 e. The summed E-state index contributed by atoms with van der Waals surface area (Å²) in [5.41, 5.74) is -3.06. The van der Waals surface area contributed by atoms with E-state index >= 15 is 0 Å². The molecule has 6 atom stereocenters. The Morgan fingerprint density at radius 2 is 1.15 bits per heavy atom. The molecule has 1 aromatic heterocycles. The number of aromatic amines is 1. The van der Waals surface area contributed by atoms with Gasteiger partial charge in [0, 0.05) is 12.3 Å². The van der Waals surface area contributed by atoms with Gasteiger partial charge in [0.2, 0.25) is 13.6 Å². The van der Waals surface area contributed by atoms with E-state index in [1.165, 1.54) is 34.6 Å². The topological polar surface area (TPSA) is 309 Å². The minimum atomic E-state index is -5.10. The molecule has 1 aliphatic heterocycles. The van der Waals surface area contributed by atoms with E-state index in [1.54, 1.807) is 88.4 Å². The highest BCUT2D eigenvalue weighted by atomic mass is 31.2. The summed E-state index contributed by atoms with van der Waals surface area (Å²) in [6.45, 7) is 9.92. The molecule has 1 fully saturated rings. The number of ether oxygens (including phenoxy) is 9. The summed E-state index contributed by atoms with van der Waals surface area (Å²) in [5.74, 6) is -3.77. The number of benzene rings is 2. The lowest BCUT2D eigenvalue weighted by molar-refractivity contribution is -0.191. The molecule has 3 N–H and O–H groups in total. The Kier molecular flexibility index (Phi) is 21.8. The van der Waals surface area contributed by atoms with Crippen LogP contribution in [0.25, 0.3) is 0 Å². The number of esters is 2. The summed E-state index contributed by atoms with van der Waals surface area (Å²) in [7, 11) is -5.10. The molecule has 4 rings (SSSR count). The molecule has 1 saturated heterocycles. The van der Waals surface area contributed by atoms with Crippen molar-refractivity contribution in [1.82, 2.24) is 20.2 Å².